The minimum Gasteiger partial charge on any atom is -0.362 e. The number of rotatable bonds is 7. The molecule has 7 nitrogen and oxygen atoms in total. The Bertz CT molecular complexity index is 1240. The highest BCUT2D eigenvalue weighted by Gasteiger charge is 2.15. The fraction of sp³-hybridized carbons (Fsp3) is 0.0952. The molecule has 0 aliphatic carbocycles. The van der Waals surface area contributed by atoms with E-state index >= 15 is 0 Å². The van der Waals surface area contributed by atoms with Crippen molar-refractivity contribution in [2.45, 2.75) is 18.7 Å². The number of carbonyl (C=O) groups excluding carboxylic acids is 1. The summed E-state index contributed by atoms with van der Waals surface area (Å²) >= 11 is 11.8. The zero-order chi connectivity index (χ0) is 22.6. The predicted octanol–water partition coefficient (Wildman–Crippen LogP) is 5.01. The Morgan fingerprint density at radius 1 is 0.968 bits per heavy atom. The summed E-state index contributed by atoms with van der Waals surface area (Å²) in [6.07, 6.45) is 2.80. The first-order valence-electron chi connectivity index (χ1n) is 9.02. The Hall–Kier alpha value is -2.94. The zero-order valence-electron chi connectivity index (χ0n) is 16.6. The number of hydrogen-bond donors (Lipinski definition) is 2. The third kappa shape index (κ3) is 6.04. The summed E-state index contributed by atoms with van der Waals surface area (Å²) in [4.78, 5) is 20.5. The molecule has 2 aromatic carbocycles. The maximum atomic E-state index is 12.6. The van der Waals surface area contributed by atoms with Crippen LogP contribution in [0, 0.1) is 13.8 Å². The summed E-state index contributed by atoms with van der Waals surface area (Å²) in [7, 11) is -3.80. The number of ketones is 1. The molecule has 0 radical (unpaired) electrons. The van der Waals surface area contributed by atoms with Gasteiger partial charge in [0.1, 0.15) is 11.6 Å². The molecule has 0 amide bonds. The summed E-state index contributed by atoms with van der Waals surface area (Å²) in [5, 5.41) is 3.59. The first-order valence-corrected chi connectivity index (χ1v) is 11.3. The number of anilines is 2. The number of halogens is 2. The Morgan fingerprint density at radius 3 is 2.32 bits per heavy atom. The van der Waals surface area contributed by atoms with Crippen molar-refractivity contribution in [3.63, 3.8) is 0 Å². The van der Waals surface area contributed by atoms with Gasteiger partial charge in [-0.05, 0) is 56.3 Å². The quantitative estimate of drug-likeness (QED) is 0.367. The molecule has 10 heteroatoms. The van der Waals surface area contributed by atoms with Crippen LogP contribution in [0.25, 0.3) is 0 Å². The third-order valence-electron chi connectivity index (χ3n) is 4.06. The van der Waals surface area contributed by atoms with Crippen LogP contribution in [0.15, 0.2) is 65.7 Å². The van der Waals surface area contributed by atoms with Gasteiger partial charge in [-0.25, -0.2) is 18.4 Å². The first kappa shape index (κ1) is 22.7. The molecule has 0 aliphatic rings. The first-order chi connectivity index (χ1) is 14.6. The normalized spacial score (nSPS) is 11.5. The van der Waals surface area contributed by atoms with E-state index < -0.39 is 10.0 Å². The molecule has 0 aliphatic heterocycles. The molecular weight excluding hydrogens is 459 g/mol. The maximum Gasteiger partial charge on any atom is 0.263 e. The summed E-state index contributed by atoms with van der Waals surface area (Å²) in [5.41, 5.74) is 1.66. The average Bonchev–Trinajstić information content (AvgIpc) is 2.69. The van der Waals surface area contributed by atoms with Crippen LogP contribution in [0.1, 0.15) is 21.9 Å². The molecule has 31 heavy (non-hydrogen) atoms. The topological polar surface area (TPSA) is 101 Å². The van der Waals surface area contributed by atoms with E-state index in [1.165, 1.54) is 30.5 Å². The van der Waals surface area contributed by atoms with Crippen molar-refractivity contribution in [3.05, 3.63) is 87.9 Å². The van der Waals surface area contributed by atoms with Crippen LogP contribution in [-0.4, -0.2) is 24.2 Å². The fourth-order valence-electron chi connectivity index (χ4n) is 2.66. The predicted molar refractivity (Wildman–Crippen MR) is 122 cm³/mol. The lowest BCUT2D eigenvalue weighted by molar-refractivity contribution is 0.104. The summed E-state index contributed by atoms with van der Waals surface area (Å²) in [6.45, 7) is 3.44. The SMILES string of the molecule is Cc1cc(NS(=O)(=O)c2ccc(NC=CC(=O)c3ccc(Cl)c(Cl)c3)cc2)nc(C)n1. The Balaban J connectivity index is 1.65. The van der Waals surface area contributed by atoms with Gasteiger partial charge in [-0.2, -0.15) is 0 Å². The van der Waals surface area contributed by atoms with E-state index in [1.54, 1.807) is 44.2 Å². The average molecular weight is 477 g/mol. The molecule has 3 rings (SSSR count). The molecule has 0 atom stereocenters. The zero-order valence-corrected chi connectivity index (χ0v) is 18.9. The number of sulfonamides is 1. The van der Waals surface area contributed by atoms with Crippen LogP contribution in [-0.2, 0) is 10.0 Å². The van der Waals surface area contributed by atoms with Crippen LogP contribution in [0.3, 0.4) is 0 Å². The molecule has 0 saturated carbocycles. The van der Waals surface area contributed by atoms with Crippen molar-refractivity contribution in [2.75, 3.05) is 10.0 Å². The van der Waals surface area contributed by atoms with Crippen molar-refractivity contribution in [3.8, 4) is 0 Å². The van der Waals surface area contributed by atoms with Crippen LogP contribution < -0.4 is 10.0 Å². The summed E-state index contributed by atoms with van der Waals surface area (Å²) in [6, 6.07) is 12.2. The number of hydrogen-bond acceptors (Lipinski definition) is 6. The standard InChI is InChI=1S/C21H18Cl2N4O3S/c1-13-11-21(26-14(2)25-13)27-31(29,30)17-6-4-16(5-7-17)24-10-9-20(28)15-3-8-18(22)19(23)12-15/h3-12,24H,1-2H3,(H,25,26,27). The van der Waals surface area contributed by atoms with Gasteiger partial charge in [0, 0.05) is 35.3 Å². The summed E-state index contributed by atoms with van der Waals surface area (Å²) < 4.78 is 27.6. The second-order valence-corrected chi connectivity index (χ2v) is 9.04. The minimum absolute atomic E-state index is 0.0721. The van der Waals surface area contributed by atoms with Gasteiger partial charge in [-0.1, -0.05) is 23.2 Å². The number of nitrogens with zero attached hydrogens (tertiary/aromatic N) is 2. The highest BCUT2D eigenvalue weighted by atomic mass is 35.5. The number of allylic oxidation sites excluding steroid dienone is 1. The van der Waals surface area contributed by atoms with E-state index in [4.69, 9.17) is 23.2 Å². The molecule has 1 aromatic heterocycles. The number of nitrogens with one attached hydrogen (secondary N) is 2. The maximum absolute atomic E-state index is 12.6. The highest BCUT2D eigenvalue weighted by molar-refractivity contribution is 7.92. The van der Waals surface area contributed by atoms with Gasteiger partial charge < -0.3 is 5.32 Å². The van der Waals surface area contributed by atoms with Crippen molar-refractivity contribution in [1.29, 1.82) is 0 Å². The molecule has 0 unspecified atom stereocenters. The van der Waals surface area contributed by atoms with E-state index in [9.17, 15) is 13.2 Å². The highest BCUT2D eigenvalue weighted by Crippen LogP contribution is 2.23. The van der Waals surface area contributed by atoms with Crippen molar-refractivity contribution in [1.82, 2.24) is 9.97 Å². The van der Waals surface area contributed by atoms with Gasteiger partial charge in [-0.3, -0.25) is 9.52 Å². The largest absolute Gasteiger partial charge is 0.362 e. The van der Waals surface area contributed by atoms with E-state index in [2.05, 4.69) is 20.0 Å². The van der Waals surface area contributed by atoms with Crippen molar-refractivity contribution >= 4 is 50.5 Å². The van der Waals surface area contributed by atoms with E-state index in [0.29, 0.717) is 32.8 Å². The van der Waals surface area contributed by atoms with E-state index in [-0.39, 0.29) is 16.5 Å². The lowest BCUT2D eigenvalue weighted by Gasteiger charge is -2.09. The van der Waals surface area contributed by atoms with Crippen molar-refractivity contribution < 1.29 is 13.2 Å². The van der Waals surface area contributed by atoms with Crippen LogP contribution >= 0.6 is 23.2 Å². The monoisotopic (exact) mass is 476 g/mol. The molecule has 0 bridgehead atoms. The molecule has 1 heterocycles. The Morgan fingerprint density at radius 2 is 1.68 bits per heavy atom. The molecule has 0 saturated heterocycles. The Labute approximate surface area is 190 Å². The lowest BCUT2D eigenvalue weighted by atomic mass is 10.1. The van der Waals surface area contributed by atoms with E-state index in [0.717, 1.165) is 0 Å². The molecule has 160 valence electrons. The van der Waals surface area contributed by atoms with E-state index in [1.807, 2.05) is 0 Å². The van der Waals surface area contributed by atoms with Gasteiger partial charge in [0.25, 0.3) is 10.0 Å². The third-order valence-corrected chi connectivity index (χ3v) is 6.17. The molecule has 3 aromatic rings. The second kappa shape index (κ2) is 9.47. The van der Waals surface area contributed by atoms with Gasteiger partial charge >= 0.3 is 0 Å². The number of aryl methyl sites for hydroxylation is 2. The molecular formula is C21H18Cl2N4O3S. The summed E-state index contributed by atoms with van der Waals surface area (Å²) in [5.74, 6) is 0.417. The number of benzene rings is 2. The smallest absolute Gasteiger partial charge is 0.263 e. The Kier molecular flexibility index (Phi) is 6.94. The van der Waals surface area contributed by atoms with Gasteiger partial charge in [0.05, 0.1) is 14.9 Å². The van der Waals surface area contributed by atoms with Crippen LogP contribution in [0.4, 0.5) is 11.5 Å². The van der Waals surface area contributed by atoms with Gasteiger partial charge in [0.2, 0.25) is 0 Å². The second-order valence-electron chi connectivity index (χ2n) is 6.54. The number of carbonyl (C=O) groups is 1. The van der Waals surface area contributed by atoms with Crippen LogP contribution in [0.2, 0.25) is 10.0 Å². The molecule has 2 N–H and O–H groups in total. The van der Waals surface area contributed by atoms with Gasteiger partial charge in [-0.15, -0.1) is 0 Å². The fourth-order valence-corrected chi connectivity index (χ4v) is 3.95. The van der Waals surface area contributed by atoms with Gasteiger partial charge in [0.15, 0.2) is 5.78 Å². The van der Waals surface area contributed by atoms with Crippen LogP contribution in [0.5, 0.6) is 0 Å². The number of aromatic nitrogens is 2. The lowest BCUT2D eigenvalue weighted by Crippen LogP contribution is -2.14. The molecule has 0 fully saturated rings. The molecule has 0 spiro atoms. The minimum atomic E-state index is -3.80. The van der Waals surface area contributed by atoms with Crippen molar-refractivity contribution in [2.24, 2.45) is 0 Å².